The molecular formula is C7H14N2O4P+. The summed E-state index contributed by atoms with van der Waals surface area (Å²) in [7, 11) is -2.79. The molecule has 0 aliphatic carbocycles. The number of aromatic nitrogens is 1. The van der Waals surface area contributed by atoms with E-state index in [1.54, 1.807) is 24.4 Å². The van der Waals surface area contributed by atoms with Crippen molar-refractivity contribution < 1.29 is 23.4 Å². The molecule has 0 atom stereocenters. The van der Waals surface area contributed by atoms with Crippen LogP contribution in [0.25, 0.3) is 0 Å². The average molecular weight is 221 g/mol. The Bertz CT molecular complexity index is 307. The van der Waals surface area contributed by atoms with E-state index in [0.29, 0.717) is 5.82 Å². The van der Waals surface area contributed by atoms with Gasteiger partial charge in [0.1, 0.15) is 0 Å². The quantitative estimate of drug-likeness (QED) is 0.474. The van der Waals surface area contributed by atoms with Crippen LogP contribution in [0.5, 0.6) is 0 Å². The van der Waals surface area contributed by atoms with Crippen LogP contribution in [0.1, 0.15) is 0 Å². The van der Waals surface area contributed by atoms with Crippen molar-refractivity contribution in [1.29, 1.82) is 0 Å². The molecule has 0 aliphatic heterocycles. The summed E-state index contributed by atoms with van der Waals surface area (Å²) >= 11 is 0. The fourth-order valence-corrected chi connectivity index (χ4v) is 1.24. The van der Waals surface area contributed by atoms with Gasteiger partial charge in [-0.3, -0.25) is 0 Å². The van der Waals surface area contributed by atoms with Crippen LogP contribution in [0.15, 0.2) is 24.4 Å². The Morgan fingerprint density at radius 2 is 2.21 bits per heavy atom. The fraction of sp³-hybridized carbons (Fsp3) is 0.286. The van der Waals surface area contributed by atoms with Gasteiger partial charge in [-0.05, 0) is 0 Å². The van der Waals surface area contributed by atoms with Crippen LogP contribution in [0, 0.1) is 0 Å². The molecule has 7 heteroatoms. The summed E-state index contributed by atoms with van der Waals surface area (Å²) in [4.78, 5) is 18.1. The van der Waals surface area contributed by atoms with Gasteiger partial charge < -0.3 is 0 Å². The average Bonchev–Trinajstić information content (AvgIpc) is 2.17. The third kappa shape index (κ3) is 3.17. The maximum atomic E-state index is 9.07. The van der Waals surface area contributed by atoms with Crippen LogP contribution in [0.4, 0.5) is 5.82 Å². The molecule has 1 heterocycles. The summed E-state index contributed by atoms with van der Waals surface area (Å²) in [5, 5.41) is 0. The first-order valence-electron chi connectivity index (χ1n) is 3.93. The third-order valence-corrected chi connectivity index (χ3v) is 2.67. The number of hydrogen-bond acceptors (Lipinski definition) is 5. The summed E-state index contributed by atoms with van der Waals surface area (Å²) in [6.07, 6.45) is 1.66. The Balaban J connectivity index is 2.58. The van der Waals surface area contributed by atoms with E-state index in [0.717, 1.165) is 0 Å². The summed E-state index contributed by atoms with van der Waals surface area (Å²) in [5.41, 5.74) is 5.59. The number of pyridine rings is 1. The number of nitrogens with two attached hydrogens (primary N) is 1. The zero-order valence-corrected chi connectivity index (χ0v) is 8.75. The second kappa shape index (κ2) is 4.63. The van der Waals surface area contributed by atoms with Crippen molar-refractivity contribution in [3.63, 3.8) is 0 Å². The molecule has 80 valence electrons. The van der Waals surface area contributed by atoms with Crippen molar-refractivity contribution in [3.05, 3.63) is 24.4 Å². The van der Waals surface area contributed by atoms with Crippen LogP contribution in [0.2, 0.25) is 0 Å². The molecule has 1 aromatic rings. The third-order valence-electron chi connectivity index (χ3n) is 1.63. The number of rotatable bonds is 4. The standard InChI is InChI=1S/C7H13N2O4P/c1-12-14(10,11)13-6-9-5-3-2-4-7(9)8/h2-5,8,10-11,14H,6H2,1H3/p+1. The van der Waals surface area contributed by atoms with E-state index >= 15 is 0 Å². The van der Waals surface area contributed by atoms with Crippen molar-refractivity contribution in [2.24, 2.45) is 0 Å². The van der Waals surface area contributed by atoms with Crippen molar-refractivity contribution in [2.75, 3.05) is 12.8 Å². The van der Waals surface area contributed by atoms with E-state index in [1.807, 2.05) is 0 Å². The van der Waals surface area contributed by atoms with E-state index < -0.39 is 8.17 Å². The van der Waals surface area contributed by atoms with E-state index in [2.05, 4.69) is 4.52 Å². The maximum absolute atomic E-state index is 9.07. The summed E-state index contributed by atoms with van der Waals surface area (Å²) < 4.78 is 10.7. The summed E-state index contributed by atoms with van der Waals surface area (Å²) in [6.45, 7) is -0.0558. The normalized spacial score (nSPS) is 12.8. The molecule has 0 spiro atoms. The fourth-order valence-electron chi connectivity index (χ4n) is 0.820. The molecule has 0 aromatic carbocycles. The first kappa shape index (κ1) is 11.3. The molecule has 0 aliphatic rings. The van der Waals surface area contributed by atoms with Gasteiger partial charge in [0.05, 0.1) is 0 Å². The van der Waals surface area contributed by atoms with E-state index in [-0.39, 0.29) is 6.73 Å². The Kier molecular flexibility index (Phi) is 3.74. The molecule has 4 N–H and O–H groups in total. The van der Waals surface area contributed by atoms with Gasteiger partial charge in [0.2, 0.25) is 0 Å². The molecular weight excluding hydrogens is 207 g/mol. The van der Waals surface area contributed by atoms with Crippen molar-refractivity contribution in [3.8, 4) is 0 Å². The van der Waals surface area contributed by atoms with Crippen molar-refractivity contribution in [2.45, 2.75) is 6.73 Å². The SMILES string of the molecule is CO[PH](O)(O)OC[n+]1ccccc1N. The molecule has 0 bridgehead atoms. The predicted octanol–water partition coefficient (Wildman–Crippen LogP) is -0.429. The van der Waals surface area contributed by atoms with Gasteiger partial charge in [-0.15, -0.1) is 0 Å². The van der Waals surface area contributed by atoms with Gasteiger partial charge in [0.15, 0.2) is 0 Å². The van der Waals surface area contributed by atoms with Crippen LogP contribution in [-0.2, 0) is 15.8 Å². The molecule has 6 nitrogen and oxygen atoms in total. The van der Waals surface area contributed by atoms with Crippen LogP contribution < -0.4 is 10.3 Å². The van der Waals surface area contributed by atoms with Gasteiger partial charge in [0.25, 0.3) is 0 Å². The second-order valence-electron chi connectivity index (χ2n) is 2.62. The molecule has 0 saturated heterocycles. The van der Waals surface area contributed by atoms with Crippen LogP contribution in [-0.4, -0.2) is 16.9 Å². The van der Waals surface area contributed by atoms with Gasteiger partial charge in [0, 0.05) is 0 Å². The zero-order valence-electron chi connectivity index (χ0n) is 7.75. The Labute approximate surface area is 82.2 Å². The number of anilines is 1. The van der Waals surface area contributed by atoms with Gasteiger partial charge in [-0.2, -0.15) is 0 Å². The first-order chi connectivity index (χ1) is 6.55. The van der Waals surface area contributed by atoms with Crippen LogP contribution >= 0.6 is 8.17 Å². The predicted molar refractivity (Wildman–Crippen MR) is 51.9 cm³/mol. The molecule has 0 amide bonds. The van der Waals surface area contributed by atoms with Crippen molar-refractivity contribution in [1.82, 2.24) is 0 Å². The van der Waals surface area contributed by atoms with Crippen molar-refractivity contribution >= 4 is 14.0 Å². The summed E-state index contributed by atoms with van der Waals surface area (Å²) in [6, 6.07) is 5.20. The topological polar surface area (TPSA) is 88.8 Å². The second-order valence-corrected chi connectivity index (χ2v) is 4.42. The number of nitrogen functional groups attached to an aromatic ring is 1. The van der Waals surface area contributed by atoms with Crippen LogP contribution in [0.3, 0.4) is 0 Å². The number of hydrogen-bond donors (Lipinski definition) is 3. The molecule has 14 heavy (non-hydrogen) atoms. The molecule has 1 aromatic heterocycles. The molecule has 0 radical (unpaired) electrons. The Morgan fingerprint density at radius 3 is 2.79 bits per heavy atom. The zero-order chi connectivity index (χ0) is 10.6. The Morgan fingerprint density at radius 1 is 1.50 bits per heavy atom. The molecule has 0 fully saturated rings. The number of nitrogens with zero attached hydrogens (tertiary/aromatic N) is 1. The monoisotopic (exact) mass is 221 g/mol. The van der Waals surface area contributed by atoms with Gasteiger partial charge in [-0.1, -0.05) is 0 Å². The minimum atomic E-state index is -3.96. The minimum absolute atomic E-state index is 0.0558. The molecule has 0 saturated carbocycles. The van der Waals surface area contributed by atoms with Gasteiger partial charge >= 0.3 is 81.4 Å². The Hall–Kier alpha value is -0.780. The van der Waals surface area contributed by atoms with E-state index in [9.17, 15) is 0 Å². The summed E-state index contributed by atoms with van der Waals surface area (Å²) in [5.74, 6) is 0.466. The first-order valence-corrected chi connectivity index (χ1v) is 5.64. The molecule has 0 unspecified atom stereocenters. The van der Waals surface area contributed by atoms with E-state index in [4.69, 9.17) is 20.0 Å². The van der Waals surface area contributed by atoms with E-state index in [1.165, 1.54) is 11.7 Å². The van der Waals surface area contributed by atoms with Gasteiger partial charge in [-0.25, -0.2) is 0 Å². The molecule has 1 rings (SSSR count).